The quantitative estimate of drug-likeness (QED) is 0.448. The highest BCUT2D eigenvalue weighted by molar-refractivity contribution is 6.38. The first-order valence-corrected chi connectivity index (χ1v) is 9.05. The number of hydrogen-bond donors (Lipinski definition) is 1. The standard InChI is InChI=1S/C19H25ClN2O6/c1-24-6-5-7-28-16-9-14-12(8-15(16)25-2)18(20)13(10-21-14)19(23)22-11-17(26-3)27-4/h8-10,17H,5-7,11H2,1-4H3,(H,22,23). The predicted octanol–water partition coefficient (Wildman–Crippen LogP) is 2.66. The highest BCUT2D eigenvalue weighted by Gasteiger charge is 2.18. The summed E-state index contributed by atoms with van der Waals surface area (Å²) in [6, 6.07) is 3.45. The Hall–Kier alpha value is -2.13. The molecule has 0 saturated carbocycles. The molecule has 1 aromatic carbocycles. The van der Waals surface area contributed by atoms with Gasteiger partial charge in [0.15, 0.2) is 17.8 Å². The van der Waals surface area contributed by atoms with Crippen molar-refractivity contribution in [3.8, 4) is 11.5 Å². The summed E-state index contributed by atoms with van der Waals surface area (Å²) in [7, 11) is 6.16. The molecule has 2 aromatic rings. The third-order valence-electron chi connectivity index (χ3n) is 4.04. The minimum Gasteiger partial charge on any atom is -0.493 e. The number of amides is 1. The molecule has 0 unspecified atom stereocenters. The van der Waals surface area contributed by atoms with Crippen LogP contribution in [0.2, 0.25) is 5.02 Å². The smallest absolute Gasteiger partial charge is 0.254 e. The van der Waals surface area contributed by atoms with Gasteiger partial charge in [-0.25, -0.2) is 0 Å². The summed E-state index contributed by atoms with van der Waals surface area (Å²) in [5.74, 6) is 0.678. The third-order valence-corrected chi connectivity index (χ3v) is 4.44. The van der Waals surface area contributed by atoms with Crippen LogP contribution in [0.1, 0.15) is 16.8 Å². The number of carbonyl (C=O) groups is 1. The fourth-order valence-electron chi connectivity index (χ4n) is 2.52. The second-order valence-corrected chi connectivity index (χ2v) is 6.19. The Balaban J connectivity index is 2.25. The second-order valence-electron chi connectivity index (χ2n) is 5.81. The Morgan fingerprint density at radius 2 is 1.89 bits per heavy atom. The van der Waals surface area contributed by atoms with Crippen LogP contribution in [-0.2, 0) is 14.2 Å². The van der Waals surface area contributed by atoms with E-state index in [0.29, 0.717) is 35.6 Å². The molecule has 0 atom stereocenters. The summed E-state index contributed by atoms with van der Waals surface area (Å²) in [5, 5.41) is 3.57. The van der Waals surface area contributed by atoms with Gasteiger partial charge in [-0.2, -0.15) is 0 Å². The molecule has 1 heterocycles. The van der Waals surface area contributed by atoms with Crippen LogP contribution in [0.3, 0.4) is 0 Å². The van der Waals surface area contributed by atoms with Gasteiger partial charge in [-0.3, -0.25) is 9.78 Å². The SMILES string of the molecule is COCCCOc1cc2ncc(C(=O)NCC(OC)OC)c(Cl)c2cc1OC. The zero-order valence-corrected chi connectivity index (χ0v) is 17.2. The van der Waals surface area contributed by atoms with Crippen molar-refractivity contribution in [1.29, 1.82) is 0 Å². The number of halogens is 1. The van der Waals surface area contributed by atoms with Crippen molar-refractivity contribution >= 4 is 28.4 Å². The van der Waals surface area contributed by atoms with Gasteiger partial charge in [0.1, 0.15) is 0 Å². The van der Waals surface area contributed by atoms with Crippen LogP contribution in [0.5, 0.6) is 11.5 Å². The molecular weight excluding hydrogens is 388 g/mol. The van der Waals surface area contributed by atoms with Gasteiger partial charge in [0.25, 0.3) is 5.91 Å². The Labute approximate surface area is 169 Å². The number of nitrogens with zero attached hydrogens (tertiary/aromatic N) is 1. The van der Waals surface area contributed by atoms with Gasteiger partial charge in [0.05, 0.1) is 36.4 Å². The van der Waals surface area contributed by atoms with Crippen molar-refractivity contribution in [2.24, 2.45) is 0 Å². The van der Waals surface area contributed by atoms with Gasteiger partial charge in [0, 0.05) is 52.0 Å². The lowest BCUT2D eigenvalue weighted by Gasteiger charge is -2.15. The van der Waals surface area contributed by atoms with Gasteiger partial charge < -0.3 is 29.0 Å². The number of ether oxygens (including phenoxy) is 5. The molecule has 9 heteroatoms. The normalized spacial score (nSPS) is 11.1. The first kappa shape index (κ1) is 22.2. The van der Waals surface area contributed by atoms with E-state index in [1.54, 1.807) is 19.2 Å². The minimum absolute atomic E-state index is 0.178. The van der Waals surface area contributed by atoms with Crippen molar-refractivity contribution in [3.05, 3.63) is 28.9 Å². The van der Waals surface area contributed by atoms with Crippen molar-refractivity contribution in [1.82, 2.24) is 10.3 Å². The summed E-state index contributed by atoms with van der Waals surface area (Å²) in [6.07, 6.45) is 1.62. The molecule has 154 valence electrons. The molecule has 0 spiro atoms. The van der Waals surface area contributed by atoms with E-state index < -0.39 is 6.29 Å². The van der Waals surface area contributed by atoms with E-state index in [4.69, 9.17) is 35.3 Å². The average Bonchev–Trinajstić information content (AvgIpc) is 2.71. The van der Waals surface area contributed by atoms with Crippen LogP contribution in [0.4, 0.5) is 0 Å². The number of pyridine rings is 1. The molecule has 1 amide bonds. The predicted molar refractivity (Wildman–Crippen MR) is 105 cm³/mol. The summed E-state index contributed by atoms with van der Waals surface area (Å²) in [6.45, 7) is 1.26. The highest BCUT2D eigenvalue weighted by Crippen LogP contribution is 2.35. The fourth-order valence-corrected chi connectivity index (χ4v) is 2.80. The Kier molecular flexibility index (Phi) is 8.72. The lowest BCUT2D eigenvalue weighted by Crippen LogP contribution is -2.34. The van der Waals surface area contributed by atoms with E-state index >= 15 is 0 Å². The molecule has 0 aliphatic carbocycles. The highest BCUT2D eigenvalue weighted by atomic mass is 35.5. The van der Waals surface area contributed by atoms with E-state index in [-0.39, 0.29) is 23.0 Å². The first-order chi connectivity index (χ1) is 13.5. The molecule has 0 aliphatic rings. The van der Waals surface area contributed by atoms with Crippen LogP contribution >= 0.6 is 11.6 Å². The Bertz CT molecular complexity index is 798. The van der Waals surface area contributed by atoms with Crippen molar-refractivity contribution < 1.29 is 28.5 Å². The zero-order valence-electron chi connectivity index (χ0n) is 16.4. The molecule has 0 aliphatic heterocycles. The Morgan fingerprint density at radius 1 is 1.14 bits per heavy atom. The number of hydrogen-bond acceptors (Lipinski definition) is 7. The summed E-state index contributed by atoms with van der Waals surface area (Å²) in [5.41, 5.74) is 0.840. The zero-order chi connectivity index (χ0) is 20.5. The number of aromatic nitrogens is 1. The van der Waals surface area contributed by atoms with Crippen molar-refractivity contribution in [2.75, 3.05) is 48.2 Å². The fraction of sp³-hybridized carbons (Fsp3) is 0.474. The molecule has 2 rings (SSSR count). The van der Waals surface area contributed by atoms with Gasteiger partial charge >= 0.3 is 0 Å². The van der Waals surface area contributed by atoms with E-state index in [1.165, 1.54) is 27.5 Å². The van der Waals surface area contributed by atoms with E-state index in [2.05, 4.69) is 10.3 Å². The lowest BCUT2D eigenvalue weighted by atomic mass is 10.1. The van der Waals surface area contributed by atoms with E-state index in [9.17, 15) is 4.79 Å². The molecule has 0 radical (unpaired) electrons. The molecule has 28 heavy (non-hydrogen) atoms. The molecule has 0 saturated heterocycles. The van der Waals surface area contributed by atoms with E-state index in [1.807, 2.05) is 0 Å². The molecule has 0 bridgehead atoms. The second kappa shape index (κ2) is 11.0. The van der Waals surface area contributed by atoms with Gasteiger partial charge in [-0.05, 0) is 6.07 Å². The van der Waals surface area contributed by atoms with Gasteiger partial charge in [0.2, 0.25) is 0 Å². The molecule has 1 aromatic heterocycles. The number of fused-ring (bicyclic) bond motifs is 1. The summed E-state index contributed by atoms with van der Waals surface area (Å²) < 4.78 is 26.3. The van der Waals surface area contributed by atoms with Crippen LogP contribution in [0.15, 0.2) is 18.3 Å². The number of carbonyl (C=O) groups excluding carboxylic acids is 1. The molecule has 8 nitrogen and oxygen atoms in total. The van der Waals surface area contributed by atoms with Crippen LogP contribution < -0.4 is 14.8 Å². The number of rotatable bonds is 11. The lowest BCUT2D eigenvalue weighted by molar-refractivity contribution is -0.0974. The van der Waals surface area contributed by atoms with Crippen molar-refractivity contribution in [3.63, 3.8) is 0 Å². The Morgan fingerprint density at radius 3 is 2.54 bits per heavy atom. The summed E-state index contributed by atoms with van der Waals surface area (Å²) in [4.78, 5) is 16.8. The third kappa shape index (κ3) is 5.45. The maximum atomic E-state index is 12.5. The minimum atomic E-state index is -0.547. The van der Waals surface area contributed by atoms with Crippen molar-refractivity contribution in [2.45, 2.75) is 12.7 Å². The molecular formula is C19H25ClN2O6. The number of methoxy groups -OCH3 is 4. The number of nitrogens with one attached hydrogen (secondary N) is 1. The molecule has 0 fully saturated rings. The maximum Gasteiger partial charge on any atom is 0.254 e. The van der Waals surface area contributed by atoms with Gasteiger partial charge in [-0.1, -0.05) is 11.6 Å². The first-order valence-electron chi connectivity index (χ1n) is 8.67. The van der Waals surface area contributed by atoms with Crippen LogP contribution in [0.25, 0.3) is 10.9 Å². The summed E-state index contributed by atoms with van der Waals surface area (Å²) >= 11 is 6.47. The van der Waals surface area contributed by atoms with Crippen LogP contribution in [0, 0.1) is 0 Å². The monoisotopic (exact) mass is 412 g/mol. The number of benzene rings is 1. The topological polar surface area (TPSA) is 88.1 Å². The molecule has 1 N–H and O–H groups in total. The average molecular weight is 413 g/mol. The van der Waals surface area contributed by atoms with E-state index in [0.717, 1.165) is 6.42 Å². The van der Waals surface area contributed by atoms with Crippen LogP contribution in [-0.4, -0.2) is 65.4 Å². The van der Waals surface area contributed by atoms with Gasteiger partial charge in [-0.15, -0.1) is 0 Å². The largest absolute Gasteiger partial charge is 0.493 e. The maximum absolute atomic E-state index is 12.5.